The molecule has 0 spiro atoms. The van der Waals surface area contributed by atoms with Crippen LogP contribution in [0.5, 0.6) is 0 Å². The lowest BCUT2D eigenvalue weighted by Crippen LogP contribution is -2.30. The van der Waals surface area contributed by atoms with Gasteiger partial charge in [0.05, 0.1) is 11.5 Å². The maximum atomic E-state index is 12.3. The van der Waals surface area contributed by atoms with Gasteiger partial charge in [0, 0.05) is 23.3 Å². The van der Waals surface area contributed by atoms with Crippen molar-refractivity contribution < 1.29 is 13.2 Å². The third kappa shape index (κ3) is 3.47. The minimum absolute atomic E-state index is 0.221. The third-order valence-electron chi connectivity index (χ3n) is 3.24. The molecular formula is C12H17BrN2O3S. The van der Waals surface area contributed by atoms with Crippen LogP contribution in [0.25, 0.3) is 0 Å². The van der Waals surface area contributed by atoms with E-state index in [9.17, 15) is 8.42 Å². The lowest BCUT2D eigenvalue weighted by Gasteiger charge is -2.13. The number of halogens is 1. The number of hydrogen-bond acceptors (Lipinski definition) is 4. The van der Waals surface area contributed by atoms with Gasteiger partial charge in [-0.2, -0.15) is 0 Å². The molecule has 1 aromatic rings. The van der Waals surface area contributed by atoms with Crippen LogP contribution in [0.2, 0.25) is 0 Å². The highest BCUT2D eigenvalue weighted by atomic mass is 79.9. The third-order valence-corrected chi connectivity index (χ3v) is 5.25. The Hall–Kier alpha value is -0.630. The molecule has 1 heterocycles. The molecule has 0 bridgehead atoms. The average Bonchev–Trinajstić information content (AvgIpc) is 2.84. The number of benzene rings is 1. The summed E-state index contributed by atoms with van der Waals surface area (Å²) in [4.78, 5) is 0.221. The fourth-order valence-corrected chi connectivity index (χ4v) is 4.04. The van der Waals surface area contributed by atoms with Gasteiger partial charge in [0.1, 0.15) is 0 Å². The molecule has 1 saturated heterocycles. The van der Waals surface area contributed by atoms with Gasteiger partial charge < -0.3 is 10.5 Å². The molecule has 1 atom stereocenters. The second-order valence-corrected chi connectivity index (χ2v) is 7.35. The fourth-order valence-electron chi connectivity index (χ4n) is 2.00. The van der Waals surface area contributed by atoms with E-state index in [0.717, 1.165) is 6.42 Å². The second kappa shape index (κ2) is 5.78. The quantitative estimate of drug-likeness (QED) is 0.810. The first kappa shape index (κ1) is 14.8. The minimum atomic E-state index is -3.54. The molecule has 1 aromatic carbocycles. The summed E-state index contributed by atoms with van der Waals surface area (Å²) in [6.45, 7) is 3.42. The van der Waals surface area contributed by atoms with Crippen molar-refractivity contribution in [3.63, 3.8) is 0 Å². The molecule has 0 radical (unpaired) electrons. The van der Waals surface area contributed by atoms with Crippen LogP contribution in [0.1, 0.15) is 12.0 Å². The van der Waals surface area contributed by atoms with E-state index in [1.807, 2.05) is 0 Å². The number of rotatable bonds is 4. The van der Waals surface area contributed by atoms with Crippen LogP contribution in [0.15, 0.2) is 21.5 Å². The lowest BCUT2D eigenvalue weighted by molar-refractivity contribution is 0.186. The smallest absolute Gasteiger partial charge is 0.240 e. The average molecular weight is 349 g/mol. The van der Waals surface area contributed by atoms with E-state index >= 15 is 0 Å². The van der Waals surface area contributed by atoms with E-state index in [1.165, 1.54) is 0 Å². The molecule has 0 saturated carbocycles. The Morgan fingerprint density at radius 1 is 1.53 bits per heavy atom. The van der Waals surface area contributed by atoms with Crippen LogP contribution in [-0.4, -0.2) is 28.2 Å². The summed E-state index contributed by atoms with van der Waals surface area (Å²) < 4.78 is 33.1. The summed E-state index contributed by atoms with van der Waals surface area (Å²) in [7, 11) is -3.54. The van der Waals surface area contributed by atoms with Crippen molar-refractivity contribution in [2.45, 2.75) is 18.2 Å². The first-order valence-corrected chi connectivity index (χ1v) is 8.31. The first-order chi connectivity index (χ1) is 8.90. The molecule has 3 N–H and O–H groups in total. The zero-order valence-corrected chi connectivity index (χ0v) is 13.1. The van der Waals surface area contributed by atoms with Gasteiger partial charge in [-0.25, -0.2) is 13.1 Å². The summed E-state index contributed by atoms with van der Waals surface area (Å²) in [6, 6.07) is 3.26. The van der Waals surface area contributed by atoms with E-state index in [1.54, 1.807) is 19.1 Å². The number of ether oxygens (including phenoxy) is 1. The van der Waals surface area contributed by atoms with Crippen molar-refractivity contribution in [1.29, 1.82) is 0 Å². The van der Waals surface area contributed by atoms with Gasteiger partial charge in [0.15, 0.2) is 0 Å². The molecule has 7 heteroatoms. The van der Waals surface area contributed by atoms with Crippen molar-refractivity contribution >= 4 is 31.6 Å². The molecule has 1 unspecified atom stereocenters. The van der Waals surface area contributed by atoms with Gasteiger partial charge in [-0.3, -0.25) is 0 Å². The number of anilines is 1. The van der Waals surface area contributed by atoms with Crippen LogP contribution < -0.4 is 10.5 Å². The number of sulfonamides is 1. The molecule has 5 nitrogen and oxygen atoms in total. The lowest BCUT2D eigenvalue weighted by atomic mass is 10.1. The molecule has 2 rings (SSSR count). The Bertz CT molecular complexity index is 569. The largest absolute Gasteiger partial charge is 0.398 e. The normalized spacial score (nSPS) is 19.8. The van der Waals surface area contributed by atoms with E-state index in [4.69, 9.17) is 10.5 Å². The van der Waals surface area contributed by atoms with Crippen molar-refractivity contribution in [3.8, 4) is 0 Å². The monoisotopic (exact) mass is 348 g/mol. The Labute approximate surface area is 121 Å². The molecule has 0 amide bonds. The van der Waals surface area contributed by atoms with E-state index in [0.29, 0.717) is 35.5 Å². The summed E-state index contributed by atoms with van der Waals surface area (Å²) in [5.41, 5.74) is 6.82. The van der Waals surface area contributed by atoms with Gasteiger partial charge in [0.25, 0.3) is 0 Å². The Morgan fingerprint density at radius 2 is 2.26 bits per heavy atom. The fraction of sp³-hybridized carbons (Fsp3) is 0.500. The van der Waals surface area contributed by atoms with E-state index < -0.39 is 10.0 Å². The van der Waals surface area contributed by atoms with Crippen molar-refractivity contribution in [3.05, 3.63) is 22.2 Å². The highest BCUT2D eigenvalue weighted by Gasteiger charge is 2.22. The van der Waals surface area contributed by atoms with Crippen LogP contribution in [0.3, 0.4) is 0 Å². The summed E-state index contributed by atoms with van der Waals surface area (Å²) in [5, 5.41) is 0. The van der Waals surface area contributed by atoms with E-state index in [2.05, 4.69) is 20.7 Å². The Kier molecular flexibility index (Phi) is 4.50. The molecule has 0 aliphatic carbocycles. The molecule has 1 aliphatic heterocycles. The summed E-state index contributed by atoms with van der Waals surface area (Å²) in [5.74, 6) is 0.250. The molecule has 1 fully saturated rings. The van der Waals surface area contributed by atoms with Gasteiger partial charge in [-0.05, 0) is 37.0 Å². The SMILES string of the molecule is Cc1c(N)cc(Br)cc1S(=O)(=O)NCC1CCOC1. The van der Waals surface area contributed by atoms with Crippen LogP contribution in [0.4, 0.5) is 5.69 Å². The van der Waals surface area contributed by atoms with Gasteiger partial charge in [0.2, 0.25) is 10.0 Å². The molecule has 106 valence electrons. The standard InChI is InChI=1S/C12H17BrN2O3S/c1-8-11(14)4-10(13)5-12(8)19(16,17)15-6-9-2-3-18-7-9/h4-5,9,15H,2-3,6-7,14H2,1H3. The maximum Gasteiger partial charge on any atom is 0.240 e. The first-order valence-electron chi connectivity index (χ1n) is 6.03. The molecular weight excluding hydrogens is 332 g/mol. The highest BCUT2D eigenvalue weighted by Crippen LogP contribution is 2.26. The zero-order valence-electron chi connectivity index (χ0n) is 10.6. The minimum Gasteiger partial charge on any atom is -0.398 e. The second-order valence-electron chi connectivity index (χ2n) is 4.70. The summed E-state index contributed by atoms with van der Waals surface area (Å²) in [6.07, 6.45) is 0.891. The number of nitrogens with one attached hydrogen (secondary N) is 1. The number of nitrogen functional groups attached to an aromatic ring is 1. The Morgan fingerprint density at radius 3 is 2.89 bits per heavy atom. The van der Waals surface area contributed by atoms with Crippen molar-refractivity contribution in [1.82, 2.24) is 4.72 Å². The topological polar surface area (TPSA) is 81.4 Å². The number of hydrogen-bond donors (Lipinski definition) is 2. The number of nitrogens with two attached hydrogens (primary N) is 1. The molecule has 19 heavy (non-hydrogen) atoms. The molecule has 0 aromatic heterocycles. The maximum absolute atomic E-state index is 12.3. The van der Waals surface area contributed by atoms with E-state index in [-0.39, 0.29) is 10.8 Å². The Balaban J connectivity index is 2.19. The zero-order chi connectivity index (χ0) is 14.0. The molecule has 1 aliphatic rings. The highest BCUT2D eigenvalue weighted by molar-refractivity contribution is 9.10. The van der Waals surface area contributed by atoms with Crippen LogP contribution in [0, 0.1) is 12.8 Å². The van der Waals surface area contributed by atoms with Crippen molar-refractivity contribution in [2.75, 3.05) is 25.5 Å². The van der Waals surface area contributed by atoms with Crippen LogP contribution in [-0.2, 0) is 14.8 Å². The van der Waals surface area contributed by atoms with Gasteiger partial charge in [-0.1, -0.05) is 15.9 Å². The van der Waals surface area contributed by atoms with Gasteiger partial charge >= 0.3 is 0 Å². The predicted molar refractivity (Wildman–Crippen MR) is 77.4 cm³/mol. The summed E-state index contributed by atoms with van der Waals surface area (Å²) >= 11 is 3.26. The van der Waals surface area contributed by atoms with Crippen LogP contribution >= 0.6 is 15.9 Å². The van der Waals surface area contributed by atoms with Gasteiger partial charge in [-0.15, -0.1) is 0 Å². The predicted octanol–water partition coefficient (Wildman–Crippen LogP) is 1.65. The van der Waals surface area contributed by atoms with Crippen molar-refractivity contribution in [2.24, 2.45) is 5.92 Å².